The Morgan fingerprint density at radius 3 is 2.73 bits per heavy atom. The van der Waals surface area contributed by atoms with Crippen molar-refractivity contribution in [1.29, 1.82) is 0 Å². The minimum absolute atomic E-state index is 0.127. The van der Waals surface area contributed by atoms with Crippen LogP contribution in [0.4, 0.5) is 0 Å². The van der Waals surface area contributed by atoms with Gasteiger partial charge in [-0.15, -0.1) is 0 Å². The van der Waals surface area contributed by atoms with Crippen LogP contribution >= 0.6 is 12.2 Å². The average Bonchev–Trinajstić information content (AvgIpc) is 1.94. The minimum atomic E-state index is -0.127. The Bertz CT molecular complexity index is 350. The maximum Gasteiger partial charge on any atom is 0.285 e. The van der Waals surface area contributed by atoms with Crippen LogP contribution in [0.15, 0.2) is 17.2 Å². The van der Waals surface area contributed by atoms with Gasteiger partial charge < -0.3 is 9.55 Å². The highest BCUT2D eigenvalue weighted by Crippen LogP contribution is 1.96. The number of aromatic nitrogens is 2. The first-order valence-corrected chi connectivity index (χ1v) is 3.83. The molecular weight excluding hydrogens is 160 g/mol. The van der Waals surface area contributed by atoms with Gasteiger partial charge in [0.25, 0.3) is 5.56 Å². The van der Waals surface area contributed by atoms with Crippen molar-refractivity contribution >= 4 is 12.2 Å². The Labute approximate surface area is 69.7 Å². The summed E-state index contributed by atoms with van der Waals surface area (Å²) in [6.45, 7) is 3.88. The summed E-state index contributed by atoms with van der Waals surface area (Å²) < 4.78 is 1.86. The molecule has 3 nitrogen and oxygen atoms in total. The zero-order chi connectivity index (χ0) is 8.43. The molecular formula is C7H10N2OS. The number of hydrogen-bond acceptors (Lipinski definition) is 2. The van der Waals surface area contributed by atoms with E-state index in [0.29, 0.717) is 0 Å². The Morgan fingerprint density at radius 1 is 1.64 bits per heavy atom. The molecule has 0 radical (unpaired) electrons. The monoisotopic (exact) mass is 170 g/mol. The summed E-state index contributed by atoms with van der Waals surface area (Å²) in [6, 6.07) is 0.166. The molecule has 0 unspecified atom stereocenters. The van der Waals surface area contributed by atoms with Crippen molar-refractivity contribution < 1.29 is 0 Å². The molecule has 4 heteroatoms. The van der Waals surface area contributed by atoms with Crippen LogP contribution in [0.25, 0.3) is 0 Å². The summed E-state index contributed by atoms with van der Waals surface area (Å²) in [5.74, 6) is 0. The van der Waals surface area contributed by atoms with Crippen molar-refractivity contribution in [3.63, 3.8) is 0 Å². The van der Waals surface area contributed by atoms with Gasteiger partial charge in [-0.05, 0) is 13.8 Å². The van der Waals surface area contributed by atoms with Gasteiger partial charge in [0.15, 0.2) is 4.64 Å². The Morgan fingerprint density at radius 2 is 2.27 bits per heavy atom. The molecule has 0 aliphatic heterocycles. The zero-order valence-corrected chi connectivity index (χ0v) is 7.31. The minimum Gasteiger partial charge on any atom is -0.347 e. The van der Waals surface area contributed by atoms with Crippen LogP contribution in [0.1, 0.15) is 19.9 Å². The normalized spacial score (nSPS) is 10.5. The van der Waals surface area contributed by atoms with E-state index in [-0.39, 0.29) is 16.2 Å². The third-order valence-corrected chi connectivity index (χ3v) is 1.73. The fourth-order valence-electron chi connectivity index (χ4n) is 0.847. The third kappa shape index (κ3) is 1.57. The van der Waals surface area contributed by atoms with Crippen LogP contribution in [0, 0.1) is 4.64 Å². The number of aromatic amines is 1. The number of hydrogen-bond donors (Lipinski definition) is 1. The second-order valence-corrected chi connectivity index (χ2v) is 3.00. The first-order chi connectivity index (χ1) is 5.13. The van der Waals surface area contributed by atoms with E-state index in [1.807, 2.05) is 13.8 Å². The van der Waals surface area contributed by atoms with Gasteiger partial charge in [0.1, 0.15) is 0 Å². The summed E-state index contributed by atoms with van der Waals surface area (Å²) in [6.07, 6.45) is 3.37. The van der Waals surface area contributed by atoms with Crippen molar-refractivity contribution in [2.24, 2.45) is 0 Å². The van der Waals surface area contributed by atoms with E-state index >= 15 is 0 Å². The van der Waals surface area contributed by atoms with E-state index in [2.05, 4.69) is 4.98 Å². The second-order valence-electron chi connectivity index (χ2n) is 2.60. The molecule has 0 fully saturated rings. The van der Waals surface area contributed by atoms with Gasteiger partial charge in [-0.3, -0.25) is 4.79 Å². The Balaban J connectivity index is 3.41. The molecule has 0 saturated heterocycles. The van der Waals surface area contributed by atoms with Gasteiger partial charge in [0.2, 0.25) is 0 Å². The molecule has 0 amide bonds. The van der Waals surface area contributed by atoms with Gasteiger partial charge in [-0.2, -0.15) is 0 Å². The molecule has 0 aliphatic rings. The highest BCUT2D eigenvalue weighted by molar-refractivity contribution is 7.71. The SMILES string of the molecule is CC(C)n1cc[nH]c(=S)c1=O. The Hall–Kier alpha value is -0.900. The summed E-state index contributed by atoms with van der Waals surface area (Å²) in [7, 11) is 0. The first kappa shape index (κ1) is 8.20. The number of nitrogens with zero attached hydrogens (tertiary/aromatic N) is 1. The molecule has 1 aromatic rings. The summed E-state index contributed by atoms with van der Waals surface area (Å²) in [5.41, 5.74) is -0.127. The van der Waals surface area contributed by atoms with Gasteiger partial charge in [-0.25, -0.2) is 0 Å². The number of nitrogens with one attached hydrogen (secondary N) is 1. The number of rotatable bonds is 1. The van der Waals surface area contributed by atoms with Gasteiger partial charge in [0.05, 0.1) is 0 Å². The molecule has 0 aromatic carbocycles. The van der Waals surface area contributed by atoms with Crippen LogP contribution in [-0.4, -0.2) is 9.55 Å². The van der Waals surface area contributed by atoms with Crippen LogP contribution in [0.5, 0.6) is 0 Å². The standard InChI is InChI=1S/C7H10N2OS/c1-5(2)9-4-3-8-6(11)7(9)10/h3-5H,1-2H3,(H,8,11). The van der Waals surface area contributed by atoms with Crippen molar-refractivity contribution in [1.82, 2.24) is 9.55 Å². The predicted octanol–water partition coefficient (Wildman–Crippen LogP) is 1.49. The molecule has 60 valence electrons. The lowest BCUT2D eigenvalue weighted by Crippen LogP contribution is -2.22. The molecule has 0 atom stereocenters. The van der Waals surface area contributed by atoms with E-state index in [1.54, 1.807) is 17.0 Å². The van der Waals surface area contributed by atoms with Crippen molar-refractivity contribution in [2.75, 3.05) is 0 Å². The fourth-order valence-corrected chi connectivity index (χ4v) is 1.02. The Kier molecular flexibility index (Phi) is 2.24. The summed E-state index contributed by atoms with van der Waals surface area (Å²) >= 11 is 4.77. The molecule has 0 saturated carbocycles. The maximum absolute atomic E-state index is 11.2. The van der Waals surface area contributed by atoms with E-state index in [4.69, 9.17) is 12.2 Å². The molecule has 0 spiro atoms. The largest absolute Gasteiger partial charge is 0.347 e. The lowest BCUT2D eigenvalue weighted by Gasteiger charge is -2.07. The number of H-pyrrole nitrogens is 1. The van der Waals surface area contributed by atoms with Gasteiger partial charge >= 0.3 is 0 Å². The van der Waals surface area contributed by atoms with E-state index in [1.165, 1.54) is 0 Å². The highest BCUT2D eigenvalue weighted by atomic mass is 32.1. The molecule has 1 rings (SSSR count). The third-order valence-electron chi connectivity index (χ3n) is 1.43. The lowest BCUT2D eigenvalue weighted by molar-refractivity contribution is 0.572. The van der Waals surface area contributed by atoms with E-state index < -0.39 is 0 Å². The van der Waals surface area contributed by atoms with Gasteiger partial charge in [-0.1, -0.05) is 12.2 Å². The second kappa shape index (κ2) is 3.00. The molecule has 1 N–H and O–H groups in total. The molecule has 0 aliphatic carbocycles. The predicted molar refractivity (Wildman–Crippen MR) is 46.3 cm³/mol. The van der Waals surface area contributed by atoms with Crippen molar-refractivity contribution in [3.8, 4) is 0 Å². The van der Waals surface area contributed by atoms with Crippen molar-refractivity contribution in [3.05, 3.63) is 27.4 Å². The molecule has 1 aromatic heterocycles. The first-order valence-electron chi connectivity index (χ1n) is 3.42. The molecule has 11 heavy (non-hydrogen) atoms. The van der Waals surface area contributed by atoms with Crippen LogP contribution < -0.4 is 5.56 Å². The van der Waals surface area contributed by atoms with Crippen LogP contribution in [-0.2, 0) is 0 Å². The molecule has 1 heterocycles. The summed E-state index contributed by atoms with van der Waals surface area (Å²) in [5, 5.41) is 0. The smallest absolute Gasteiger partial charge is 0.285 e. The highest BCUT2D eigenvalue weighted by Gasteiger charge is 1.98. The molecule has 0 bridgehead atoms. The quantitative estimate of drug-likeness (QED) is 0.648. The zero-order valence-electron chi connectivity index (χ0n) is 6.50. The topological polar surface area (TPSA) is 37.8 Å². The summed E-state index contributed by atoms with van der Waals surface area (Å²) in [4.78, 5) is 13.9. The van der Waals surface area contributed by atoms with E-state index in [9.17, 15) is 4.79 Å². The van der Waals surface area contributed by atoms with Crippen LogP contribution in [0.2, 0.25) is 0 Å². The maximum atomic E-state index is 11.2. The fraction of sp³-hybridized carbons (Fsp3) is 0.429. The van der Waals surface area contributed by atoms with E-state index in [0.717, 1.165) is 0 Å². The average molecular weight is 170 g/mol. The van der Waals surface area contributed by atoms with Crippen LogP contribution in [0.3, 0.4) is 0 Å². The lowest BCUT2D eigenvalue weighted by atomic mass is 10.4. The van der Waals surface area contributed by atoms with Gasteiger partial charge in [0, 0.05) is 18.4 Å². The van der Waals surface area contributed by atoms with Crippen molar-refractivity contribution in [2.45, 2.75) is 19.9 Å².